The highest BCUT2D eigenvalue weighted by Gasteiger charge is 2.46. The molecule has 4 nitrogen and oxygen atoms in total. The molecule has 5 heteroatoms. The maximum atomic E-state index is 11.8. The van der Waals surface area contributed by atoms with Gasteiger partial charge in [0.2, 0.25) is 0 Å². The number of amides is 3. The summed E-state index contributed by atoms with van der Waals surface area (Å²) >= 11 is 3.34. The first-order valence-electron chi connectivity index (χ1n) is 5.43. The monoisotopic (exact) mass is 274 g/mol. The molecule has 0 aromatic heterocycles. The predicted molar refractivity (Wildman–Crippen MR) is 59.9 cm³/mol. The summed E-state index contributed by atoms with van der Waals surface area (Å²) in [6, 6.07) is -0.210. The number of hydrogen-bond donors (Lipinski definition) is 0. The van der Waals surface area contributed by atoms with Crippen LogP contribution in [0.1, 0.15) is 25.7 Å². The van der Waals surface area contributed by atoms with Gasteiger partial charge in [-0.25, -0.2) is 4.79 Å². The fourth-order valence-corrected chi connectivity index (χ4v) is 2.65. The Bertz CT molecular complexity index is 261. The van der Waals surface area contributed by atoms with Crippen molar-refractivity contribution in [2.45, 2.75) is 31.7 Å². The Balaban J connectivity index is 1.95. The molecule has 2 aliphatic heterocycles. The van der Waals surface area contributed by atoms with E-state index in [0.717, 1.165) is 37.6 Å². The molecule has 2 heterocycles. The molecular formula is C10H15BrN2O2. The van der Waals surface area contributed by atoms with Gasteiger partial charge in [0, 0.05) is 18.4 Å². The standard InChI is InChI=1S/C10H15BrN2O2/c11-5-1-2-6-13-9(14)8-4-3-7-12(8)10(13)15/h8H,1-7H2/t8-/m0/s1. The molecular weight excluding hydrogens is 260 g/mol. The van der Waals surface area contributed by atoms with Gasteiger partial charge in [-0.05, 0) is 25.7 Å². The molecule has 2 saturated heterocycles. The van der Waals surface area contributed by atoms with Crippen molar-refractivity contribution in [3.8, 4) is 0 Å². The number of rotatable bonds is 4. The zero-order valence-electron chi connectivity index (χ0n) is 8.62. The molecule has 2 rings (SSSR count). The van der Waals surface area contributed by atoms with Crippen molar-refractivity contribution in [1.29, 1.82) is 0 Å². The minimum Gasteiger partial charge on any atom is -0.312 e. The Morgan fingerprint density at radius 3 is 2.80 bits per heavy atom. The maximum absolute atomic E-state index is 11.8. The van der Waals surface area contributed by atoms with Crippen molar-refractivity contribution in [3.63, 3.8) is 0 Å². The van der Waals surface area contributed by atoms with Crippen molar-refractivity contribution < 1.29 is 9.59 Å². The number of imide groups is 1. The van der Waals surface area contributed by atoms with Crippen LogP contribution in [-0.4, -0.2) is 46.2 Å². The Kier molecular flexibility index (Phi) is 3.29. The fourth-order valence-electron chi connectivity index (χ4n) is 2.25. The van der Waals surface area contributed by atoms with Gasteiger partial charge in [0.25, 0.3) is 5.91 Å². The molecule has 0 unspecified atom stereocenters. The average Bonchev–Trinajstić information content (AvgIpc) is 2.77. The molecule has 84 valence electrons. The van der Waals surface area contributed by atoms with Crippen LogP contribution >= 0.6 is 15.9 Å². The van der Waals surface area contributed by atoms with Crippen molar-refractivity contribution in [2.24, 2.45) is 0 Å². The summed E-state index contributed by atoms with van der Waals surface area (Å²) in [7, 11) is 0. The molecule has 3 amide bonds. The van der Waals surface area contributed by atoms with Gasteiger partial charge in [0.15, 0.2) is 0 Å². The number of hydrogen-bond acceptors (Lipinski definition) is 2. The smallest absolute Gasteiger partial charge is 0.312 e. The van der Waals surface area contributed by atoms with Gasteiger partial charge in [0.05, 0.1) is 0 Å². The quantitative estimate of drug-likeness (QED) is 0.444. The number of carbonyl (C=O) groups is 2. The van der Waals surface area contributed by atoms with E-state index in [1.54, 1.807) is 4.90 Å². The normalized spacial score (nSPS) is 25.3. The van der Waals surface area contributed by atoms with E-state index in [-0.39, 0.29) is 18.0 Å². The average molecular weight is 275 g/mol. The molecule has 0 spiro atoms. The zero-order valence-corrected chi connectivity index (χ0v) is 10.2. The second kappa shape index (κ2) is 4.51. The van der Waals surface area contributed by atoms with Crippen LogP contribution in [0.15, 0.2) is 0 Å². The van der Waals surface area contributed by atoms with Crippen LogP contribution in [0.4, 0.5) is 4.79 Å². The minimum absolute atomic E-state index is 0.0204. The second-order valence-electron chi connectivity index (χ2n) is 4.02. The third-order valence-electron chi connectivity index (χ3n) is 3.05. The molecule has 0 aliphatic carbocycles. The number of alkyl halides is 1. The van der Waals surface area contributed by atoms with Crippen LogP contribution in [0, 0.1) is 0 Å². The van der Waals surface area contributed by atoms with Gasteiger partial charge in [0.1, 0.15) is 6.04 Å². The van der Waals surface area contributed by atoms with E-state index in [9.17, 15) is 9.59 Å². The number of fused-ring (bicyclic) bond motifs is 1. The van der Waals surface area contributed by atoms with E-state index >= 15 is 0 Å². The summed E-state index contributed by atoms with van der Waals surface area (Å²) in [4.78, 5) is 26.8. The lowest BCUT2D eigenvalue weighted by molar-refractivity contribution is -0.128. The molecule has 0 aromatic rings. The second-order valence-corrected chi connectivity index (χ2v) is 4.81. The number of unbranched alkanes of at least 4 members (excludes halogenated alkanes) is 1. The van der Waals surface area contributed by atoms with E-state index < -0.39 is 0 Å². The molecule has 2 aliphatic rings. The van der Waals surface area contributed by atoms with Crippen LogP contribution in [0.3, 0.4) is 0 Å². The Morgan fingerprint density at radius 2 is 2.13 bits per heavy atom. The highest BCUT2D eigenvalue weighted by atomic mass is 79.9. The van der Waals surface area contributed by atoms with E-state index in [1.165, 1.54) is 4.90 Å². The lowest BCUT2D eigenvalue weighted by atomic mass is 10.2. The van der Waals surface area contributed by atoms with Crippen LogP contribution < -0.4 is 0 Å². The number of urea groups is 1. The highest BCUT2D eigenvalue weighted by molar-refractivity contribution is 9.09. The van der Waals surface area contributed by atoms with Crippen LogP contribution in [-0.2, 0) is 4.79 Å². The van der Waals surface area contributed by atoms with Crippen LogP contribution in [0.2, 0.25) is 0 Å². The van der Waals surface area contributed by atoms with Gasteiger partial charge in [-0.1, -0.05) is 15.9 Å². The number of carbonyl (C=O) groups excluding carboxylic acids is 2. The summed E-state index contributed by atoms with van der Waals surface area (Å²) < 4.78 is 0. The third-order valence-corrected chi connectivity index (χ3v) is 3.61. The van der Waals surface area contributed by atoms with Crippen molar-refractivity contribution in [2.75, 3.05) is 18.4 Å². The topological polar surface area (TPSA) is 40.6 Å². The van der Waals surface area contributed by atoms with Gasteiger partial charge in [-0.15, -0.1) is 0 Å². The summed E-state index contributed by atoms with van der Waals surface area (Å²) in [5.41, 5.74) is 0. The first-order valence-corrected chi connectivity index (χ1v) is 6.56. The Labute approximate surface area is 97.7 Å². The zero-order chi connectivity index (χ0) is 10.8. The van der Waals surface area contributed by atoms with Crippen molar-refractivity contribution >= 4 is 27.9 Å². The summed E-state index contributed by atoms with van der Waals surface area (Å²) in [5.74, 6) is 0.0204. The fraction of sp³-hybridized carbons (Fsp3) is 0.800. The van der Waals surface area contributed by atoms with Gasteiger partial charge >= 0.3 is 6.03 Å². The molecule has 0 saturated carbocycles. The molecule has 1 atom stereocenters. The minimum atomic E-state index is -0.138. The van der Waals surface area contributed by atoms with E-state index in [4.69, 9.17) is 0 Å². The van der Waals surface area contributed by atoms with Gasteiger partial charge < -0.3 is 4.90 Å². The van der Waals surface area contributed by atoms with Crippen molar-refractivity contribution in [1.82, 2.24) is 9.80 Å². The Hall–Kier alpha value is -0.580. The van der Waals surface area contributed by atoms with Crippen molar-refractivity contribution in [3.05, 3.63) is 0 Å². The summed E-state index contributed by atoms with van der Waals surface area (Å²) in [5, 5.41) is 0.927. The van der Waals surface area contributed by atoms with Crippen LogP contribution in [0.25, 0.3) is 0 Å². The molecule has 2 fully saturated rings. The lowest BCUT2D eigenvalue weighted by Crippen LogP contribution is -2.33. The summed E-state index contributed by atoms with van der Waals surface area (Å²) in [6.07, 6.45) is 3.71. The molecule has 0 radical (unpaired) electrons. The largest absolute Gasteiger partial charge is 0.327 e. The molecule has 0 aromatic carbocycles. The maximum Gasteiger partial charge on any atom is 0.327 e. The Morgan fingerprint density at radius 1 is 1.33 bits per heavy atom. The predicted octanol–water partition coefficient (Wildman–Crippen LogP) is 1.59. The highest BCUT2D eigenvalue weighted by Crippen LogP contribution is 2.27. The number of nitrogens with zero attached hydrogens (tertiary/aromatic N) is 2. The molecule has 15 heavy (non-hydrogen) atoms. The molecule has 0 N–H and O–H groups in total. The van der Waals surface area contributed by atoms with E-state index in [1.807, 2.05) is 0 Å². The van der Waals surface area contributed by atoms with Crippen LogP contribution in [0.5, 0.6) is 0 Å². The van der Waals surface area contributed by atoms with Gasteiger partial charge in [-0.2, -0.15) is 0 Å². The van der Waals surface area contributed by atoms with E-state index in [2.05, 4.69) is 15.9 Å². The first-order chi connectivity index (χ1) is 7.25. The summed E-state index contributed by atoms with van der Waals surface area (Å²) in [6.45, 7) is 1.33. The lowest BCUT2D eigenvalue weighted by Gasteiger charge is -2.14. The SMILES string of the molecule is O=C1[C@@H]2CCCN2C(=O)N1CCCCBr. The first kappa shape index (κ1) is 10.9. The third kappa shape index (κ3) is 1.89. The number of halogens is 1. The van der Waals surface area contributed by atoms with Gasteiger partial charge in [-0.3, -0.25) is 9.69 Å². The molecule has 0 bridgehead atoms. The van der Waals surface area contributed by atoms with E-state index in [0.29, 0.717) is 6.54 Å².